The van der Waals surface area contributed by atoms with Crippen molar-refractivity contribution in [2.75, 3.05) is 0 Å². The number of benzene rings is 1. The van der Waals surface area contributed by atoms with Crippen LogP contribution in [0.3, 0.4) is 0 Å². The van der Waals surface area contributed by atoms with E-state index >= 15 is 0 Å². The molecule has 0 heterocycles. The molecular weight excluding hydrogens is 308 g/mol. The minimum Gasteiger partial charge on any atom is -0.263 e. The monoisotopic (exact) mass is 336 g/mol. The van der Waals surface area contributed by atoms with Gasteiger partial charge in [0.1, 0.15) is 0 Å². The maximum absolute atomic E-state index is 12.4. The SMILES string of the molecule is Cc1ccc(S(=O)(=O)OC2CCC(C3CCCCC3)CC2)cc1. The summed E-state index contributed by atoms with van der Waals surface area (Å²) >= 11 is 0. The van der Waals surface area contributed by atoms with E-state index in [0.717, 1.165) is 43.1 Å². The largest absolute Gasteiger partial charge is 0.297 e. The van der Waals surface area contributed by atoms with Gasteiger partial charge in [0.15, 0.2) is 0 Å². The summed E-state index contributed by atoms with van der Waals surface area (Å²) in [5.41, 5.74) is 1.05. The van der Waals surface area contributed by atoms with E-state index in [2.05, 4.69) is 0 Å². The van der Waals surface area contributed by atoms with Crippen LogP contribution in [-0.2, 0) is 14.3 Å². The number of hydrogen-bond donors (Lipinski definition) is 0. The first-order valence-electron chi connectivity index (χ1n) is 9.04. The van der Waals surface area contributed by atoms with Crippen LogP contribution in [0.5, 0.6) is 0 Å². The first-order chi connectivity index (χ1) is 11.0. The molecule has 0 unspecified atom stereocenters. The van der Waals surface area contributed by atoms with Crippen molar-refractivity contribution in [3.05, 3.63) is 29.8 Å². The molecule has 0 radical (unpaired) electrons. The Hall–Kier alpha value is -0.870. The maximum atomic E-state index is 12.4. The molecule has 2 fully saturated rings. The number of aryl methyl sites for hydroxylation is 1. The molecule has 1 aromatic rings. The van der Waals surface area contributed by atoms with Gasteiger partial charge in [-0.25, -0.2) is 0 Å². The van der Waals surface area contributed by atoms with Gasteiger partial charge in [-0.3, -0.25) is 4.18 Å². The van der Waals surface area contributed by atoms with Crippen LogP contribution in [0.2, 0.25) is 0 Å². The third-order valence-electron chi connectivity index (χ3n) is 5.61. The lowest BCUT2D eigenvalue weighted by molar-refractivity contribution is 0.104. The van der Waals surface area contributed by atoms with Crippen molar-refractivity contribution in [1.82, 2.24) is 0 Å². The lowest BCUT2D eigenvalue weighted by atomic mass is 9.73. The summed E-state index contributed by atoms with van der Waals surface area (Å²) in [6.07, 6.45) is 10.8. The zero-order chi connectivity index (χ0) is 16.3. The molecular formula is C19H28O3S. The van der Waals surface area contributed by atoms with E-state index < -0.39 is 10.1 Å². The summed E-state index contributed by atoms with van der Waals surface area (Å²) in [7, 11) is -3.62. The van der Waals surface area contributed by atoms with Crippen LogP contribution in [0, 0.1) is 18.8 Å². The molecule has 0 aliphatic heterocycles. The van der Waals surface area contributed by atoms with E-state index in [1.807, 2.05) is 19.1 Å². The Balaban J connectivity index is 1.54. The van der Waals surface area contributed by atoms with Crippen LogP contribution in [0.1, 0.15) is 63.4 Å². The second-order valence-electron chi connectivity index (χ2n) is 7.30. The normalized spacial score (nSPS) is 27.0. The van der Waals surface area contributed by atoms with E-state index in [4.69, 9.17) is 4.18 Å². The Morgan fingerprint density at radius 1 is 0.826 bits per heavy atom. The number of rotatable bonds is 4. The Kier molecular flexibility index (Phi) is 5.42. The molecule has 128 valence electrons. The predicted molar refractivity (Wildman–Crippen MR) is 91.8 cm³/mol. The van der Waals surface area contributed by atoms with E-state index in [9.17, 15) is 8.42 Å². The third kappa shape index (κ3) is 4.36. The molecule has 0 bridgehead atoms. The smallest absolute Gasteiger partial charge is 0.263 e. The molecule has 4 heteroatoms. The van der Waals surface area contributed by atoms with E-state index in [1.165, 1.54) is 32.1 Å². The first-order valence-corrected chi connectivity index (χ1v) is 10.5. The summed E-state index contributed by atoms with van der Waals surface area (Å²) in [5.74, 6) is 1.66. The molecule has 0 saturated heterocycles. The van der Waals surface area contributed by atoms with Crippen molar-refractivity contribution in [2.24, 2.45) is 11.8 Å². The van der Waals surface area contributed by atoms with Gasteiger partial charge in [0.2, 0.25) is 0 Å². The predicted octanol–water partition coefficient (Wildman–Crippen LogP) is 4.84. The van der Waals surface area contributed by atoms with Crippen molar-refractivity contribution in [1.29, 1.82) is 0 Å². The van der Waals surface area contributed by atoms with Crippen molar-refractivity contribution >= 4 is 10.1 Å². The first kappa shape index (κ1) is 17.0. The van der Waals surface area contributed by atoms with Crippen LogP contribution < -0.4 is 0 Å². The highest BCUT2D eigenvalue weighted by molar-refractivity contribution is 7.86. The fraction of sp³-hybridized carbons (Fsp3) is 0.684. The molecule has 0 atom stereocenters. The van der Waals surface area contributed by atoms with Crippen molar-refractivity contribution in [3.63, 3.8) is 0 Å². The second kappa shape index (κ2) is 7.35. The number of hydrogen-bond acceptors (Lipinski definition) is 3. The van der Waals surface area contributed by atoms with Crippen LogP contribution >= 0.6 is 0 Å². The summed E-state index contributed by atoms with van der Waals surface area (Å²) in [6.45, 7) is 1.95. The standard InChI is InChI=1S/C19H28O3S/c1-15-7-13-19(14-8-15)23(20,21)22-18-11-9-17(10-12-18)16-5-3-2-4-6-16/h7-8,13-14,16-18H,2-6,9-12H2,1H3. The fourth-order valence-corrected chi connectivity index (χ4v) is 5.33. The Bertz CT molecular complexity index is 592. The minimum atomic E-state index is -3.62. The van der Waals surface area contributed by atoms with Crippen LogP contribution in [0.15, 0.2) is 29.2 Å². The Morgan fingerprint density at radius 2 is 1.39 bits per heavy atom. The molecule has 0 N–H and O–H groups in total. The average Bonchev–Trinajstić information content (AvgIpc) is 2.56. The maximum Gasteiger partial charge on any atom is 0.297 e. The summed E-state index contributed by atoms with van der Waals surface area (Å²) in [4.78, 5) is 0.275. The van der Waals surface area contributed by atoms with Crippen molar-refractivity contribution in [2.45, 2.75) is 75.7 Å². The molecule has 23 heavy (non-hydrogen) atoms. The van der Waals surface area contributed by atoms with E-state index in [1.54, 1.807) is 12.1 Å². The Morgan fingerprint density at radius 3 is 2.00 bits per heavy atom. The van der Waals surface area contributed by atoms with Gasteiger partial charge in [0.05, 0.1) is 11.0 Å². The van der Waals surface area contributed by atoms with Gasteiger partial charge in [0, 0.05) is 0 Å². The molecule has 3 nitrogen and oxygen atoms in total. The highest BCUT2D eigenvalue weighted by Crippen LogP contribution is 2.39. The van der Waals surface area contributed by atoms with Gasteiger partial charge >= 0.3 is 0 Å². The van der Waals surface area contributed by atoms with Gasteiger partial charge in [-0.2, -0.15) is 8.42 Å². The van der Waals surface area contributed by atoms with Gasteiger partial charge in [-0.1, -0.05) is 49.8 Å². The topological polar surface area (TPSA) is 43.4 Å². The zero-order valence-electron chi connectivity index (χ0n) is 14.0. The van der Waals surface area contributed by atoms with Crippen LogP contribution in [0.25, 0.3) is 0 Å². The van der Waals surface area contributed by atoms with Gasteiger partial charge in [-0.15, -0.1) is 0 Å². The molecule has 1 aromatic carbocycles. The summed E-state index contributed by atoms with van der Waals surface area (Å²) in [5, 5.41) is 0. The average molecular weight is 336 g/mol. The summed E-state index contributed by atoms with van der Waals surface area (Å²) in [6, 6.07) is 6.91. The van der Waals surface area contributed by atoms with Crippen molar-refractivity contribution in [3.8, 4) is 0 Å². The molecule has 0 spiro atoms. The Labute approximate surface area is 140 Å². The molecule has 0 aromatic heterocycles. The second-order valence-corrected chi connectivity index (χ2v) is 8.87. The molecule has 2 aliphatic carbocycles. The van der Waals surface area contributed by atoms with Crippen molar-refractivity contribution < 1.29 is 12.6 Å². The molecule has 3 rings (SSSR count). The van der Waals surface area contributed by atoms with Crippen LogP contribution in [-0.4, -0.2) is 14.5 Å². The van der Waals surface area contributed by atoms with Gasteiger partial charge in [0.25, 0.3) is 10.1 Å². The van der Waals surface area contributed by atoms with E-state index in [0.29, 0.717) is 0 Å². The van der Waals surface area contributed by atoms with Crippen LogP contribution in [0.4, 0.5) is 0 Å². The zero-order valence-corrected chi connectivity index (χ0v) is 14.9. The highest BCUT2D eigenvalue weighted by Gasteiger charge is 2.31. The van der Waals surface area contributed by atoms with E-state index in [-0.39, 0.29) is 11.0 Å². The molecule has 2 saturated carbocycles. The lowest BCUT2D eigenvalue weighted by Gasteiger charge is -2.35. The fourth-order valence-electron chi connectivity index (χ4n) is 4.20. The third-order valence-corrected chi connectivity index (χ3v) is 6.98. The van der Waals surface area contributed by atoms with Gasteiger partial charge in [-0.05, 0) is 56.6 Å². The van der Waals surface area contributed by atoms with Gasteiger partial charge < -0.3 is 0 Å². The highest BCUT2D eigenvalue weighted by atomic mass is 32.2. The molecule has 2 aliphatic rings. The quantitative estimate of drug-likeness (QED) is 0.739. The summed E-state index contributed by atoms with van der Waals surface area (Å²) < 4.78 is 30.3. The lowest BCUT2D eigenvalue weighted by Crippen LogP contribution is -2.28. The minimum absolute atomic E-state index is 0.138. The molecule has 0 amide bonds.